The molecule has 0 N–H and O–H groups in total. The second-order valence-corrected chi connectivity index (χ2v) is 3.29. The highest BCUT2D eigenvalue weighted by Gasteiger charge is 2.30. The number of ether oxygens (including phenoxy) is 1. The molecular formula is C7H5BrF2N2O3. The van der Waals surface area contributed by atoms with Gasteiger partial charge in [0.2, 0.25) is 5.75 Å². The minimum atomic E-state index is -3.02. The molecule has 0 spiro atoms. The first-order chi connectivity index (χ1) is 6.99. The molecule has 0 amide bonds. The number of nitrogens with zero attached hydrogens (tertiary/aromatic N) is 2. The highest BCUT2D eigenvalue weighted by atomic mass is 79.9. The van der Waals surface area contributed by atoms with Crippen molar-refractivity contribution in [3.8, 4) is 5.75 Å². The summed E-state index contributed by atoms with van der Waals surface area (Å²) >= 11 is 2.92. The average Bonchev–Trinajstić information content (AvgIpc) is 2.16. The maximum Gasteiger partial charge on any atom is 0.339 e. The van der Waals surface area contributed by atoms with Crippen molar-refractivity contribution in [1.29, 1.82) is 0 Å². The van der Waals surface area contributed by atoms with Crippen LogP contribution in [-0.2, 0) is 0 Å². The van der Waals surface area contributed by atoms with Crippen molar-refractivity contribution >= 4 is 21.6 Å². The molecule has 1 heterocycles. The van der Waals surface area contributed by atoms with Crippen LogP contribution in [0.5, 0.6) is 5.75 Å². The average molecular weight is 283 g/mol. The van der Waals surface area contributed by atoms with Gasteiger partial charge in [0.15, 0.2) is 5.69 Å². The van der Waals surface area contributed by atoms with Gasteiger partial charge in [0.25, 0.3) is 6.43 Å². The van der Waals surface area contributed by atoms with Crippen molar-refractivity contribution < 1.29 is 18.4 Å². The highest BCUT2D eigenvalue weighted by Crippen LogP contribution is 2.39. The Morgan fingerprint density at radius 2 is 2.27 bits per heavy atom. The first-order valence-corrected chi connectivity index (χ1v) is 4.43. The molecule has 0 atom stereocenters. The van der Waals surface area contributed by atoms with Crippen LogP contribution < -0.4 is 4.74 Å². The van der Waals surface area contributed by atoms with Crippen LogP contribution in [0.1, 0.15) is 12.1 Å². The van der Waals surface area contributed by atoms with Gasteiger partial charge >= 0.3 is 5.69 Å². The fourth-order valence-electron chi connectivity index (χ4n) is 1.01. The van der Waals surface area contributed by atoms with Crippen molar-refractivity contribution in [1.82, 2.24) is 4.98 Å². The van der Waals surface area contributed by atoms with Crippen molar-refractivity contribution in [2.75, 3.05) is 7.11 Å². The van der Waals surface area contributed by atoms with Gasteiger partial charge in [-0.05, 0) is 15.9 Å². The SMILES string of the molecule is COc1c(Br)cnc(C(F)F)c1[N+](=O)[O-]. The fraction of sp³-hybridized carbons (Fsp3) is 0.286. The van der Waals surface area contributed by atoms with E-state index in [0.717, 1.165) is 13.3 Å². The monoisotopic (exact) mass is 282 g/mol. The van der Waals surface area contributed by atoms with Crippen LogP contribution >= 0.6 is 15.9 Å². The quantitative estimate of drug-likeness (QED) is 0.632. The number of pyridine rings is 1. The summed E-state index contributed by atoms with van der Waals surface area (Å²) in [6.45, 7) is 0. The van der Waals surface area contributed by atoms with Crippen LogP contribution in [0.2, 0.25) is 0 Å². The number of halogens is 3. The maximum absolute atomic E-state index is 12.4. The zero-order valence-electron chi connectivity index (χ0n) is 7.41. The predicted octanol–water partition coefficient (Wildman–Crippen LogP) is 2.70. The predicted molar refractivity (Wildman–Crippen MR) is 50.1 cm³/mol. The number of hydrogen-bond acceptors (Lipinski definition) is 4. The van der Waals surface area contributed by atoms with Gasteiger partial charge < -0.3 is 4.74 Å². The summed E-state index contributed by atoms with van der Waals surface area (Å²) in [6.07, 6.45) is -1.99. The van der Waals surface area contributed by atoms with Crippen molar-refractivity contribution in [3.63, 3.8) is 0 Å². The molecule has 82 valence electrons. The zero-order valence-corrected chi connectivity index (χ0v) is 8.99. The summed E-state index contributed by atoms with van der Waals surface area (Å²) in [4.78, 5) is 12.9. The van der Waals surface area contributed by atoms with Gasteiger partial charge in [-0.25, -0.2) is 13.8 Å². The van der Waals surface area contributed by atoms with E-state index in [0.29, 0.717) is 0 Å². The Labute approximate surface area is 91.3 Å². The van der Waals surface area contributed by atoms with E-state index in [2.05, 4.69) is 25.7 Å². The molecule has 0 fully saturated rings. The number of alkyl halides is 2. The number of hydrogen-bond donors (Lipinski definition) is 0. The van der Waals surface area contributed by atoms with Gasteiger partial charge in [-0.1, -0.05) is 0 Å². The lowest BCUT2D eigenvalue weighted by Gasteiger charge is -2.06. The third-order valence-electron chi connectivity index (χ3n) is 1.58. The number of methoxy groups -OCH3 is 1. The molecule has 5 nitrogen and oxygen atoms in total. The van der Waals surface area contributed by atoms with E-state index in [1.165, 1.54) is 0 Å². The van der Waals surface area contributed by atoms with E-state index in [-0.39, 0.29) is 10.2 Å². The molecule has 1 aromatic rings. The van der Waals surface area contributed by atoms with Crippen molar-refractivity contribution in [2.45, 2.75) is 6.43 Å². The lowest BCUT2D eigenvalue weighted by Crippen LogP contribution is -2.02. The molecule has 0 aliphatic carbocycles. The van der Waals surface area contributed by atoms with Crippen molar-refractivity contribution in [2.24, 2.45) is 0 Å². The summed E-state index contributed by atoms with van der Waals surface area (Å²) in [5, 5.41) is 10.6. The topological polar surface area (TPSA) is 65.3 Å². The van der Waals surface area contributed by atoms with E-state index < -0.39 is 22.7 Å². The first-order valence-electron chi connectivity index (χ1n) is 3.64. The van der Waals surface area contributed by atoms with Crippen LogP contribution in [0.15, 0.2) is 10.7 Å². The van der Waals surface area contributed by atoms with Gasteiger partial charge in [0.05, 0.1) is 16.5 Å². The number of rotatable bonds is 3. The number of nitro groups is 1. The van der Waals surface area contributed by atoms with Gasteiger partial charge in [-0.3, -0.25) is 10.1 Å². The smallest absolute Gasteiger partial charge is 0.339 e. The summed E-state index contributed by atoms with van der Waals surface area (Å²) < 4.78 is 29.6. The van der Waals surface area contributed by atoms with E-state index in [1.807, 2.05) is 0 Å². The standard InChI is InChI=1S/C7H5BrF2N2O3/c1-15-6-3(8)2-11-4(7(9)10)5(6)12(13)14/h2,7H,1H3. The largest absolute Gasteiger partial charge is 0.489 e. The van der Waals surface area contributed by atoms with Crippen LogP contribution in [0.3, 0.4) is 0 Å². The van der Waals surface area contributed by atoms with Crippen LogP contribution in [0.4, 0.5) is 14.5 Å². The molecule has 0 bridgehead atoms. The molecule has 8 heteroatoms. The van der Waals surface area contributed by atoms with Crippen molar-refractivity contribution in [3.05, 3.63) is 26.5 Å². The normalized spacial score (nSPS) is 10.5. The molecule has 0 radical (unpaired) electrons. The first kappa shape index (κ1) is 11.8. The lowest BCUT2D eigenvalue weighted by molar-refractivity contribution is -0.387. The van der Waals surface area contributed by atoms with Crippen LogP contribution in [0.25, 0.3) is 0 Å². The molecule has 0 unspecified atom stereocenters. The Morgan fingerprint density at radius 1 is 1.67 bits per heavy atom. The third kappa shape index (κ3) is 2.20. The summed E-state index contributed by atoms with van der Waals surface area (Å²) in [7, 11) is 1.16. The second-order valence-electron chi connectivity index (χ2n) is 2.43. The molecule has 1 aromatic heterocycles. The lowest BCUT2D eigenvalue weighted by atomic mass is 10.3. The summed E-state index contributed by atoms with van der Waals surface area (Å²) in [5.41, 5.74) is -1.72. The molecule has 0 saturated heterocycles. The van der Waals surface area contributed by atoms with Gasteiger partial charge in [0.1, 0.15) is 0 Å². The fourth-order valence-corrected chi connectivity index (χ4v) is 1.46. The Balaban J connectivity index is 3.49. The van der Waals surface area contributed by atoms with Crippen LogP contribution in [0, 0.1) is 10.1 Å². The minimum absolute atomic E-state index is 0.154. The third-order valence-corrected chi connectivity index (χ3v) is 2.15. The Morgan fingerprint density at radius 3 is 2.67 bits per heavy atom. The van der Waals surface area contributed by atoms with Gasteiger partial charge in [-0.2, -0.15) is 0 Å². The Kier molecular flexibility index (Phi) is 3.51. The summed E-state index contributed by atoms with van der Waals surface area (Å²) in [6, 6.07) is 0. The molecule has 15 heavy (non-hydrogen) atoms. The second kappa shape index (κ2) is 4.47. The van der Waals surface area contributed by atoms with E-state index in [1.54, 1.807) is 0 Å². The summed E-state index contributed by atoms with van der Waals surface area (Å²) in [5.74, 6) is -0.259. The minimum Gasteiger partial charge on any atom is -0.489 e. The molecular weight excluding hydrogens is 278 g/mol. The van der Waals surface area contributed by atoms with E-state index in [9.17, 15) is 18.9 Å². The number of aromatic nitrogens is 1. The molecule has 0 aliphatic rings. The molecule has 1 rings (SSSR count). The van der Waals surface area contributed by atoms with Gasteiger partial charge in [0, 0.05) is 6.20 Å². The Hall–Kier alpha value is -1.31. The van der Waals surface area contributed by atoms with E-state index in [4.69, 9.17) is 0 Å². The zero-order chi connectivity index (χ0) is 11.6. The van der Waals surface area contributed by atoms with Crippen LogP contribution in [-0.4, -0.2) is 17.0 Å². The van der Waals surface area contributed by atoms with E-state index >= 15 is 0 Å². The highest BCUT2D eigenvalue weighted by molar-refractivity contribution is 9.10. The molecule has 0 aromatic carbocycles. The molecule has 0 saturated carbocycles. The maximum atomic E-state index is 12.4. The molecule has 0 aliphatic heterocycles. The van der Waals surface area contributed by atoms with Gasteiger partial charge in [-0.15, -0.1) is 0 Å². The Bertz CT molecular complexity index is 400.